The topological polar surface area (TPSA) is 15.3 Å². The molecule has 2 nitrogen and oxygen atoms in total. The number of likely N-dealkylation sites (N-methyl/N-ethyl adjacent to an activating group) is 1. The van der Waals surface area contributed by atoms with Crippen LogP contribution >= 0.6 is 0 Å². The predicted molar refractivity (Wildman–Crippen MR) is 69.9 cm³/mol. The van der Waals surface area contributed by atoms with E-state index in [4.69, 9.17) is 0 Å². The molecule has 1 N–H and O–H groups in total. The zero-order valence-corrected chi connectivity index (χ0v) is 10.6. The van der Waals surface area contributed by atoms with Crippen LogP contribution in [0.2, 0.25) is 0 Å². The molecule has 0 heterocycles. The first-order valence-corrected chi connectivity index (χ1v) is 6.46. The quantitative estimate of drug-likeness (QED) is 0.817. The monoisotopic (exact) mass is 236 g/mol. The maximum Gasteiger partial charge on any atom is 0.125 e. The Morgan fingerprint density at radius 1 is 1.47 bits per heavy atom. The van der Waals surface area contributed by atoms with E-state index in [0.717, 1.165) is 24.8 Å². The molecule has 0 aromatic heterocycles. The average Bonchev–Trinajstić information content (AvgIpc) is 3.11. The Balaban J connectivity index is 1.98. The summed E-state index contributed by atoms with van der Waals surface area (Å²) in [5.41, 5.74) is 0.970. The molecule has 0 aliphatic heterocycles. The van der Waals surface area contributed by atoms with Gasteiger partial charge < -0.3 is 10.2 Å². The van der Waals surface area contributed by atoms with Crippen molar-refractivity contribution in [2.75, 3.05) is 18.0 Å². The summed E-state index contributed by atoms with van der Waals surface area (Å²) in [4.78, 5) is 2.23. The summed E-state index contributed by atoms with van der Waals surface area (Å²) in [7, 11) is 0. The molecule has 0 radical (unpaired) electrons. The zero-order chi connectivity index (χ0) is 12.3. The van der Waals surface area contributed by atoms with Crippen LogP contribution in [0.3, 0.4) is 0 Å². The lowest BCUT2D eigenvalue weighted by Gasteiger charge is -2.30. The van der Waals surface area contributed by atoms with E-state index >= 15 is 0 Å². The molecule has 0 spiro atoms. The molecule has 1 unspecified atom stereocenters. The second-order valence-corrected chi connectivity index (χ2v) is 4.80. The van der Waals surface area contributed by atoms with Crippen molar-refractivity contribution in [1.29, 1.82) is 0 Å². The molecule has 2 rings (SSSR count). The molecule has 1 fully saturated rings. The van der Waals surface area contributed by atoms with E-state index in [1.54, 1.807) is 12.1 Å². The number of nitrogens with one attached hydrogen (secondary N) is 1. The van der Waals surface area contributed by atoms with Gasteiger partial charge in [-0.25, -0.2) is 4.39 Å². The SMILES string of the molecule is CCN(c1cccc(F)c1)C(C)CNC1CC1. The molecule has 3 heteroatoms. The number of hydrogen-bond donors (Lipinski definition) is 1. The number of benzene rings is 1. The lowest BCUT2D eigenvalue weighted by molar-refractivity contribution is 0.563. The van der Waals surface area contributed by atoms with Gasteiger partial charge in [0, 0.05) is 30.9 Å². The number of hydrogen-bond acceptors (Lipinski definition) is 2. The van der Waals surface area contributed by atoms with E-state index in [1.807, 2.05) is 6.07 Å². The summed E-state index contributed by atoms with van der Waals surface area (Å²) < 4.78 is 13.2. The van der Waals surface area contributed by atoms with Crippen LogP contribution in [0.15, 0.2) is 24.3 Å². The van der Waals surface area contributed by atoms with Crippen molar-refractivity contribution in [1.82, 2.24) is 5.32 Å². The first kappa shape index (κ1) is 12.4. The van der Waals surface area contributed by atoms with E-state index in [2.05, 4.69) is 24.1 Å². The van der Waals surface area contributed by atoms with Crippen molar-refractivity contribution in [2.24, 2.45) is 0 Å². The Kier molecular flexibility index (Phi) is 4.00. The number of halogens is 1. The lowest BCUT2D eigenvalue weighted by Crippen LogP contribution is -2.41. The first-order valence-electron chi connectivity index (χ1n) is 6.46. The minimum absolute atomic E-state index is 0.164. The largest absolute Gasteiger partial charge is 0.368 e. The molecule has 1 saturated carbocycles. The minimum atomic E-state index is -0.164. The smallest absolute Gasteiger partial charge is 0.125 e. The van der Waals surface area contributed by atoms with Crippen molar-refractivity contribution in [3.05, 3.63) is 30.1 Å². The fraction of sp³-hybridized carbons (Fsp3) is 0.571. The van der Waals surface area contributed by atoms with Crippen molar-refractivity contribution in [3.8, 4) is 0 Å². The highest BCUT2D eigenvalue weighted by molar-refractivity contribution is 5.47. The predicted octanol–water partition coefficient (Wildman–Crippen LogP) is 2.79. The molecule has 1 aromatic carbocycles. The van der Waals surface area contributed by atoms with E-state index in [9.17, 15) is 4.39 Å². The van der Waals surface area contributed by atoms with Gasteiger partial charge in [-0.2, -0.15) is 0 Å². The summed E-state index contributed by atoms with van der Waals surface area (Å²) in [6.07, 6.45) is 2.61. The summed E-state index contributed by atoms with van der Waals surface area (Å²) in [6.45, 7) is 6.16. The third-order valence-corrected chi connectivity index (χ3v) is 3.29. The summed E-state index contributed by atoms with van der Waals surface area (Å²) in [5.74, 6) is -0.164. The Labute approximate surface area is 103 Å². The van der Waals surface area contributed by atoms with Crippen LogP contribution in [0.1, 0.15) is 26.7 Å². The van der Waals surface area contributed by atoms with Crippen LogP contribution in [0, 0.1) is 5.82 Å². The maximum atomic E-state index is 13.2. The van der Waals surface area contributed by atoms with Gasteiger partial charge in [-0.05, 0) is 44.9 Å². The van der Waals surface area contributed by atoms with Crippen LogP contribution in [-0.2, 0) is 0 Å². The highest BCUT2D eigenvalue weighted by Crippen LogP contribution is 2.20. The van der Waals surface area contributed by atoms with Gasteiger partial charge in [-0.3, -0.25) is 0 Å². The van der Waals surface area contributed by atoms with Crippen LogP contribution in [0.4, 0.5) is 10.1 Å². The Morgan fingerprint density at radius 2 is 2.24 bits per heavy atom. The normalized spacial score (nSPS) is 16.9. The zero-order valence-electron chi connectivity index (χ0n) is 10.6. The van der Waals surface area contributed by atoms with Gasteiger partial charge >= 0.3 is 0 Å². The average molecular weight is 236 g/mol. The molecule has 1 aliphatic rings. The number of anilines is 1. The van der Waals surface area contributed by atoms with E-state index < -0.39 is 0 Å². The van der Waals surface area contributed by atoms with Crippen LogP contribution < -0.4 is 10.2 Å². The van der Waals surface area contributed by atoms with Crippen molar-refractivity contribution in [2.45, 2.75) is 38.8 Å². The van der Waals surface area contributed by atoms with E-state index in [-0.39, 0.29) is 5.82 Å². The van der Waals surface area contributed by atoms with Gasteiger partial charge in [0.05, 0.1) is 0 Å². The van der Waals surface area contributed by atoms with E-state index in [0.29, 0.717) is 6.04 Å². The highest BCUT2D eigenvalue weighted by Gasteiger charge is 2.22. The standard InChI is InChI=1S/C14H21FN2/c1-3-17(11(2)10-16-13-7-8-13)14-6-4-5-12(15)9-14/h4-6,9,11,13,16H,3,7-8,10H2,1-2H3. The molecule has 1 aliphatic carbocycles. The molecule has 0 bridgehead atoms. The maximum absolute atomic E-state index is 13.2. The van der Waals surface area contributed by atoms with Crippen LogP contribution in [0.25, 0.3) is 0 Å². The molecule has 17 heavy (non-hydrogen) atoms. The molecule has 1 atom stereocenters. The van der Waals surface area contributed by atoms with Gasteiger partial charge in [0.25, 0.3) is 0 Å². The van der Waals surface area contributed by atoms with Gasteiger partial charge in [0.1, 0.15) is 5.82 Å². The van der Waals surface area contributed by atoms with Crippen molar-refractivity contribution < 1.29 is 4.39 Å². The number of nitrogens with zero attached hydrogens (tertiary/aromatic N) is 1. The van der Waals surface area contributed by atoms with Gasteiger partial charge in [0.15, 0.2) is 0 Å². The first-order chi connectivity index (χ1) is 8.20. The Hall–Kier alpha value is -1.09. The van der Waals surface area contributed by atoms with Crippen LogP contribution in [0.5, 0.6) is 0 Å². The second-order valence-electron chi connectivity index (χ2n) is 4.80. The van der Waals surface area contributed by atoms with Crippen molar-refractivity contribution in [3.63, 3.8) is 0 Å². The molecular formula is C14H21FN2. The molecule has 0 amide bonds. The van der Waals surface area contributed by atoms with Crippen LogP contribution in [-0.4, -0.2) is 25.2 Å². The molecule has 1 aromatic rings. The third kappa shape index (κ3) is 3.43. The summed E-state index contributed by atoms with van der Waals surface area (Å²) >= 11 is 0. The second kappa shape index (κ2) is 5.50. The van der Waals surface area contributed by atoms with E-state index in [1.165, 1.54) is 18.9 Å². The van der Waals surface area contributed by atoms with Crippen molar-refractivity contribution >= 4 is 5.69 Å². The third-order valence-electron chi connectivity index (χ3n) is 3.29. The van der Waals surface area contributed by atoms with Gasteiger partial charge in [-0.15, -0.1) is 0 Å². The fourth-order valence-electron chi connectivity index (χ4n) is 2.14. The molecular weight excluding hydrogens is 215 g/mol. The van der Waals surface area contributed by atoms with Gasteiger partial charge in [-0.1, -0.05) is 6.07 Å². The number of rotatable bonds is 6. The Morgan fingerprint density at radius 3 is 2.82 bits per heavy atom. The van der Waals surface area contributed by atoms with Gasteiger partial charge in [0.2, 0.25) is 0 Å². The highest BCUT2D eigenvalue weighted by atomic mass is 19.1. The Bertz CT molecular complexity index is 363. The minimum Gasteiger partial charge on any atom is -0.368 e. The fourth-order valence-corrected chi connectivity index (χ4v) is 2.14. The lowest BCUT2D eigenvalue weighted by atomic mass is 10.2. The molecule has 0 saturated heterocycles. The summed E-state index contributed by atoms with van der Waals surface area (Å²) in [6, 6.07) is 7.96. The molecule has 94 valence electrons. The summed E-state index contributed by atoms with van der Waals surface area (Å²) in [5, 5.41) is 3.52.